The molecule has 0 amide bonds. The van der Waals surface area contributed by atoms with Crippen molar-refractivity contribution in [2.75, 3.05) is 16.3 Å². The zero-order chi connectivity index (χ0) is 43.2. The minimum absolute atomic E-state index is 0.0386. The van der Waals surface area contributed by atoms with Crippen LogP contribution in [0, 0.1) is 13.8 Å². The number of phenolic OH excluding ortho intramolecular Hbond substituents is 2. The van der Waals surface area contributed by atoms with Gasteiger partial charge in [-0.3, -0.25) is 0 Å². The molecule has 4 heterocycles. The van der Waals surface area contributed by atoms with Gasteiger partial charge in [0.1, 0.15) is 23.7 Å². The number of ether oxygens (including phenoxy) is 2. The highest BCUT2D eigenvalue weighted by Gasteiger charge is 2.26. The number of pyridine rings is 2. The van der Waals surface area contributed by atoms with E-state index >= 15 is 0 Å². The highest BCUT2D eigenvalue weighted by Crippen LogP contribution is 2.47. The van der Waals surface area contributed by atoms with Gasteiger partial charge in [-0.1, -0.05) is 85.0 Å². The molecule has 314 valence electrons. The fraction of sp³-hybridized carbons (Fsp3) is 0.222. The highest BCUT2D eigenvalue weighted by molar-refractivity contribution is 5.86. The quantitative estimate of drug-likeness (QED) is 0.141. The van der Waals surface area contributed by atoms with Crippen molar-refractivity contribution < 1.29 is 19.7 Å². The lowest BCUT2D eigenvalue weighted by atomic mass is 9.99. The first-order valence-corrected chi connectivity index (χ1v) is 21.4. The van der Waals surface area contributed by atoms with Gasteiger partial charge in [-0.25, -0.2) is 9.97 Å². The molecule has 8 rings (SSSR count). The molecule has 2 aliphatic heterocycles. The number of benzene rings is 4. The van der Waals surface area contributed by atoms with Gasteiger partial charge in [0, 0.05) is 65.0 Å². The normalized spacial score (nSPS) is 17.9. The van der Waals surface area contributed by atoms with Crippen LogP contribution in [0.25, 0.3) is 22.3 Å². The molecule has 0 fully saturated rings. The van der Waals surface area contributed by atoms with Crippen molar-refractivity contribution in [1.82, 2.24) is 9.97 Å². The zero-order valence-electron chi connectivity index (χ0n) is 36.1. The summed E-state index contributed by atoms with van der Waals surface area (Å²) in [7, 11) is 0. The summed E-state index contributed by atoms with van der Waals surface area (Å²) in [6.45, 7) is 10.8. The van der Waals surface area contributed by atoms with E-state index in [1.54, 1.807) is 12.4 Å². The number of para-hydroxylation sites is 2. The first kappa shape index (κ1) is 41.7. The summed E-state index contributed by atoms with van der Waals surface area (Å²) >= 11 is 0. The summed E-state index contributed by atoms with van der Waals surface area (Å²) in [5.41, 5.74) is 10.6. The fourth-order valence-electron chi connectivity index (χ4n) is 8.51. The predicted molar refractivity (Wildman–Crippen MR) is 252 cm³/mol. The van der Waals surface area contributed by atoms with Crippen molar-refractivity contribution in [1.29, 1.82) is 0 Å². The van der Waals surface area contributed by atoms with Crippen LogP contribution >= 0.6 is 0 Å². The summed E-state index contributed by atoms with van der Waals surface area (Å²) in [4.78, 5) is 13.7. The van der Waals surface area contributed by atoms with Gasteiger partial charge in [-0.2, -0.15) is 0 Å². The summed E-state index contributed by atoms with van der Waals surface area (Å²) in [5.74, 6) is 1.16. The van der Waals surface area contributed by atoms with Gasteiger partial charge in [0.15, 0.2) is 0 Å². The molecule has 0 bridgehead atoms. The number of fused-ring (bicyclic) bond motifs is 2. The van der Waals surface area contributed by atoms with Crippen LogP contribution in [0.4, 0.5) is 22.7 Å². The molecule has 0 aliphatic carbocycles. The molecule has 4 aromatic carbocycles. The van der Waals surface area contributed by atoms with Gasteiger partial charge in [0.2, 0.25) is 11.8 Å². The van der Waals surface area contributed by atoms with Gasteiger partial charge in [0.25, 0.3) is 0 Å². The molecule has 0 saturated heterocycles. The van der Waals surface area contributed by atoms with Crippen LogP contribution in [0.3, 0.4) is 0 Å². The molecule has 2 N–H and O–H groups in total. The van der Waals surface area contributed by atoms with Crippen LogP contribution < -0.4 is 19.3 Å². The molecular weight excluding hydrogens is 769 g/mol. The standard InChI is InChI=1S/C54H54N4O4/c1-36-31-45(51(59)49(33-36)57-30-16-7-6-10-20-41-22-12-14-26-47(41)57)43-24-17-28-55-53(43)61-39(4)35-40(5)62-54-44(25-18-29-56-54)46-32-37(2)34-50(52(46)60)58-38(3)19-9-8-11-21-42-23-13-15-27-48(42)58/h6-19,22-29,31-34,38-40,59-60H,20-21,30,35H2,1-5H3/b10-6-,11-8-,16-7-,19-9-/t38?,39?,40-/m0/s1. The number of rotatable bonds is 10. The molecule has 2 aliphatic rings. The van der Waals surface area contributed by atoms with E-state index in [1.165, 1.54) is 11.1 Å². The average Bonchev–Trinajstić information content (AvgIpc) is 3.42. The van der Waals surface area contributed by atoms with E-state index in [0.717, 1.165) is 35.3 Å². The van der Waals surface area contributed by atoms with Gasteiger partial charge in [0.05, 0.1) is 11.4 Å². The van der Waals surface area contributed by atoms with Crippen molar-refractivity contribution in [2.24, 2.45) is 0 Å². The van der Waals surface area contributed by atoms with Crippen LogP contribution in [0.15, 0.2) is 158 Å². The third kappa shape index (κ3) is 9.00. The Balaban J connectivity index is 1.04. The average molecular weight is 823 g/mol. The van der Waals surface area contributed by atoms with Crippen molar-refractivity contribution in [2.45, 2.75) is 72.1 Å². The lowest BCUT2D eigenvalue weighted by Gasteiger charge is -2.33. The maximum absolute atomic E-state index is 12.2. The van der Waals surface area contributed by atoms with Crippen molar-refractivity contribution in [3.05, 3.63) is 180 Å². The Bertz CT molecular complexity index is 2680. The Morgan fingerprint density at radius 1 is 0.597 bits per heavy atom. The Labute approximate surface area is 365 Å². The number of nitrogens with zero attached hydrogens (tertiary/aromatic N) is 4. The monoisotopic (exact) mass is 822 g/mol. The van der Waals surface area contributed by atoms with Crippen LogP contribution in [0.1, 0.15) is 49.4 Å². The molecule has 6 aromatic rings. The maximum atomic E-state index is 12.2. The van der Waals surface area contributed by atoms with Crippen LogP contribution in [0.2, 0.25) is 0 Å². The van der Waals surface area contributed by atoms with E-state index in [0.29, 0.717) is 58.4 Å². The number of anilines is 4. The Morgan fingerprint density at radius 2 is 1.11 bits per heavy atom. The fourth-order valence-corrected chi connectivity index (χ4v) is 8.51. The summed E-state index contributed by atoms with van der Waals surface area (Å²) in [6.07, 6.45) is 21.7. The van der Waals surface area contributed by atoms with E-state index < -0.39 is 0 Å². The second kappa shape index (κ2) is 18.7. The van der Waals surface area contributed by atoms with E-state index in [2.05, 4.69) is 112 Å². The number of aryl methyl sites for hydroxylation is 2. The maximum Gasteiger partial charge on any atom is 0.221 e. The first-order valence-electron chi connectivity index (χ1n) is 21.4. The summed E-state index contributed by atoms with van der Waals surface area (Å²) in [6, 6.07) is 32.3. The smallest absolute Gasteiger partial charge is 0.221 e. The lowest BCUT2D eigenvalue weighted by Crippen LogP contribution is -2.27. The SMILES string of the molecule is Cc1cc(-c2cccnc2OC(C)C[C@H](C)Oc2ncccc2-c2cc(C)cc(N3c4ccccc4C/C=C\C=C/C3C)c2O)c(O)c(N2C/C=C\C=C/Cc3ccccc32)c1. The Kier molecular flexibility index (Phi) is 12.6. The molecule has 0 saturated carbocycles. The van der Waals surface area contributed by atoms with E-state index in [-0.39, 0.29) is 29.7 Å². The topological polar surface area (TPSA) is 91.2 Å². The molecule has 8 nitrogen and oxygen atoms in total. The number of phenols is 2. The van der Waals surface area contributed by atoms with Gasteiger partial charge in [-0.15, -0.1) is 0 Å². The van der Waals surface area contributed by atoms with Crippen LogP contribution in [-0.4, -0.2) is 45.0 Å². The molecule has 3 atom stereocenters. The predicted octanol–water partition coefficient (Wildman–Crippen LogP) is 12.5. The Hall–Kier alpha value is -7.06. The Morgan fingerprint density at radius 3 is 1.74 bits per heavy atom. The van der Waals surface area contributed by atoms with Crippen LogP contribution in [0.5, 0.6) is 23.3 Å². The number of allylic oxidation sites excluding steroid dienone is 6. The van der Waals surface area contributed by atoms with Crippen molar-refractivity contribution in [3.63, 3.8) is 0 Å². The molecular formula is C54H54N4O4. The largest absolute Gasteiger partial charge is 0.505 e. The first-order chi connectivity index (χ1) is 30.2. The van der Waals surface area contributed by atoms with Crippen molar-refractivity contribution >= 4 is 22.7 Å². The summed E-state index contributed by atoms with van der Waals surface area (Å²) < 4.78 is 13.2. The number of aromatic hydroxyl groups is 2. The number of hydrogen-bond acceptors (Lipinski definition) is 8. The minimum atomic E-state index is -0.322. The van der Waals surface area contributed by atoms with Crippen LogP contribution in [-0.2, 0) is 12.8 Å². The number of hydrogen-bond donors (Lipinski definition) is 2. The van der Waals surface area contributed by atoms with Gasteiger partial charge in [-0.05, 0) is 130 Å². The van der Waals surface area contributed by atoms with E-state index in [9.17, 15) is 10.2 Å². The number of aromatic nitrogens is 2. The lowest BCUT2D eigenvalue weighted by molar-refractivity contribution is 0.125. The van der Waals surface area contributed by atoms with E-state index in [4.69, 9.17) is 9.47 Å². The molecule has 8 heteroatoms. The van der Waals surface area contributed by atoms with Gasteiger partial charge >= 0.3 is 0 Å². The molecule has 2 unspecified atom stereocenters. The third-order valence-corrected chi connectivity index (χ3v) is 11.4. The van der Waals surface area contributed by atoms with E-state index in [1.807, 2.05) is 88.4 Å². The molecule has 2 aromatic heterocycles. The zero-order valence-corrected chi connectivity index (χ0v) is 36.1. The summed E-state index contributed by atoms with van der Waals surface area (Å²) in [5, 5.41) is 24.2. The van der Waals surface area contributed by atoms with Crippen molar-refractivity contribution in [3.8, 4) is 45.5 Å². The molecule has 0 spiro atoms. The second-order valence-electron chi connectivity index (χ2n) is 16.2. The highest BCUT2D eigenvalue weighted by atomic mass is 16.5. The second-order valence-corrected chi connectivity index (χ2v) is 16.2. The minimum Gasteiger partial charge on any atom is -0.505 e. The van der Waals surface area contributed by atoms with Gasteiger partial charge < -0.3 is 29.5 Å². The molecule has 0 radical (unpaired) electrons. The third-order valence-electron chi connectivity index (χ3n) is 11.4. The molecule has 62 heavy (non-hydrogen) atoms.